The number of esters is 1. The normalized spacial score (nSPS) is 20.7. The largest absolute Gasteiger partial charge is 0.446 e. The maximum absolute atomic E-state index is 12.1. The third-order valence-corrected chi connectivity index (χ3v) is 11.8. The molecule has 0 N–H and O–H groups in total. The van der Waals surface area contributed by atoms with Crippen LogP contribution in [0.4, 0.5) is 0 Å². The number of carbonyl (C=O) groups is 1. The second-order valence-electron chi connectivity index (χ2n) is 10.7. The van der Waals surface area contributed by atoms with Gasteiger partial charge < -0.3 is 9.16 Å². The summed E-state index contributed by atoms with van der Waals surface area (Å²) in [6.45, 7) is 24.1. The van der Waals surface area contributed by atoms with E-state index >= 15 is 0 Å². The number of rotatable bonds is 7. The Labute approximate surface area is 169 Å². The molecule has 0 spiro atoms. The van der Waals surface area contributed by atoms with Crippen LogP contribution in [0.15, 0.2) is 0 Å². The van der Waals surface area contributed by atoms with Gasteiger partial charge in [-0.3, -0.25) is 4.79 Å². The molecule has 156 valence electrons. The topological polar surface area (TPSA) is 35.5 Å². The molecular weight excluding hydrogens is 352 g/mol. The van der Waals surface area contributed by atoms with Gasteiger partial charge in [0.05, 0.1) is 5.41 Å². The molecule has 27 heavy (non-hydrogen) atoms. The molecule has 1 saturated carbocycles. The summed E-state index contributed by atoms with van der Waals surface area (Å²) >= 11 is 0. The molecule has 1 rings (SSSR count). The summed E-state index contributed by atoms with van der Waals surface area (Å²) in [5.74, 6) is 7.20. The van der Waals surface area contributed by atoms with Crippen LogP contribution in [0.1, 0.15) is 82.6 Å². The standard InChI is InChI=1S/C23H42O3Si/c1-16(2)27(17(3)4,18(5)6)25-15-20-14-19(20)12-13-23(10,11)26-21(24)22(7,8)9/h16-20H,14-15H2,1-11H3/t19-,20+/m0/s1. The monoisotopic (exact) mass is 394 g/mol. The van der Waals surface area contributed by atoms with Crippen LogP contribution < -0.4 is 0 Å². The van der Waals surface area contributed by atoms with E-state index in [1.54, 1.807) is 0 Å². The van der Waals surface area contributed by atoms with Crippen molar-refractivity contribution < 1.29 is 14.0 Å². The smallest absolute Gasteiger partial charge is 0.312 e. The molecule has 0 aromatic carbocycles. The number of hydrogen-bond acceptors (Lipinski definition) is 3. The van der Waals surface area contributed by atoms with Crippen LogP contribution in [-0.4, -0.2) is 26.5 Å². The van der Waals surface area contributed by atoms with E-state index in [4.69, 9.17) is 9.16 Å². The van der Waals surface area contributed by atoms with Crippen molar-refractivity contribution in [1.29, 1.82) is 0 Å². The fourth-order valence-electron chi connectivity index (χ4n) is 4.04. The van der Waals surface area contributed by atoms with E-state index in [0.717, 1.165) is 13.0 Å². The predicted molar refractivity (Wildman–Crippen MR) is 116 cm³/mol. The number of hydrogen-bond donors (Lipinski definition) is 0. The molecule has 1 aliphatic rings. The average molecular weight is 395 g/mol. The Hall–Kier alpha value is -0.793. The van der Waals surface area contributed by atoms with E-state index in [-0.39, 0.29) is 5.97 Å². The van der Waals surface area contributed by atoms with Crippen LogP contribution in [-0.2, 0) is 14.0 Å². The number of ether oxygens (including phenoxy) is 1. The Balaban J connectivity index is 2.67. The highest BCUT2D eigenvalue weighted by atomic mass is 28.4. The fourth-order valence-corrected chi connectivity index (χ4v) is 9.54. The molecule has 3 nitrogen and oxygen atoms in total. The molecule has 2 atom stereocenters. The highest BCUT2D eigenvalue weighted by Gasteiger charge is 2.47. The first-order valence-corrected chi connectivity index (χ1v) is 12.7. The summed E-state index contributed by atoms with van der Waals surface area (Å²) in [6, 6.07) is 0. The van der Waals surface area contributed by atoms with Gasteiger partial charge in [0.25, 0.3) is 0 Å². The highest BCUT2D eigenvalue weighted by molar-refractivity contribution is 6.77. The van der Waals surface area contributed by atoms with Gasteiger partial charge in [-0.05, 0) is 63.6 Å². The predicted octanol–water partition coefficient (Wildman–Crippen LogP) is 6.19. The first kappa shape index (κ1) is 24.2. The molecule has 0 radical (unpaired) electrons. The van der Waals surface area contributed by atoms with E-state index in [0.29, 0.717) is 28.5 Å². The number of carbonyl (C=O) groups excluding carboxylic acids is 1. The summed E-state index contributed by atoms with van der Waals surface area (Å²) < 4.78 is 12.3. The Morgan fingerprint density at radius 2 is 1.48 bits per heavy atom. The van der Waals surface area contributed by atoms with E-state index in [2.05, 4.69) is 53.4 Å². The van der Waals surface area contributed by atoms with Crippen LogP contribution >= 0.6 is 0 Å². The van der Waals surface area contributed by atoms with Gasteiger partial charge in [-0.15, -0.1) is 0 Å². The molecule has 0 heterocycles. The van der Waals surface area contributed by atoms with Crippen LogP contribution in [0.25, 0.3) is 0 Å². The average Bonchev–Trinajstić information content (AvgIpc) is 3.22. The summed E-state index contributed by atoms with van der Waals surface area (Å²) in [5, 5.41) is 0. The van der Waals surface area contributed by atoms with Gasteiger partial charge in [0.2, 0.25) is 0 Å². The summed E-state index contributed by atoms with van der Waals surface area (Å²) in [5.41, 5.74) is 0.572. The first-order valence-electron chi connectivity index (χ1n) is 10.5. The molecule has 0 unspecified atom stereocenters. The third kappa shape index (κ3) is 6.36. The molecule has 0 aromatic heterocycles. The van der Waals surface area contributed by atoms with Gasteiger partial charge in [-0.1, -0.05) is 53.4 Å². The molecule has 1 aliphatic carbocycles. The third-order valence-electron chi connectivity index (χ3n) is 5.70. The van der Waals surface area contributed by atoms with Gasteiger partial charge in [-0.2, -0.15) is 0 Å². The zero-order chi connectivity index (χ0) is 21.2. The lowest BCUT2D eigenvalue weighted by Crippen LogP contribution is -2.48. The molecule has 1 fully saturated rings. The van der Waals surface area contributed by atoms with Crippen molar-refractivity contribution in [3.63, 3.8) is 0 Å². The Bertz CT molecular complexity index is 551. The Kier molecular flexibility index (Phi) is 7.81. The van der Waals surface area contributed by atoms with E-state index in [1.807, 2.05) is 34.6 Å². The van der Waals surface area contributed by atoms with Crippen LogP contribution in [0.2, 0.25) is 16.6 Å². The molecular formula is C23H42O3Si. The van der Waals surface area contributed by atoms with Gasteiger partial charge >= 0.3 is 5.97 Å². The Morgan fingerprint density at radius 3 is 1.89 bits per heavy atom. The van der Waals surface area contributed by atoms with Crippen molar-refractivity contribution in [2.45, 2.75) is 105 Å². The molecule has 4 heteroatoms. The summed E-state index contributed by atoms with van der Waals surface area (Å²) in [7, 11) is -1.80. The molecule has 0 amide bonds. The zero-order valence-electron chi connectivity index (χ0n) is 19.5. The van der Waals surface area contributed by atoms with Gasteiger partial charge in [0.1, 0.15) is 0 Å². The van der Waals surface area contributed by atoms with Crippen molar-refractivity contribution in [3.05, 3.63) is 0 Å². The molecule has 0 aromatic rings. The highest BCUT2D eigenvalue weighted by Crippen LogP contribution is 2.45. The zero-order valence-corrected chi connectivity index (χ0v) is 20.5. The van der Waals surface area contributed by atoms with Gasteiger partial charge in [-0.25, -0.2) is 0 Å². The summed E-state index contributed by atoms with van der Waals surface area (Å²) in [6.07, 6.45) is 1.09. The second-order valence-corrected chi connectivity index (χ2v) is 16.1. The molecule has 0 bridgehead atoms. The van der Waals surface area contributed by atoms with Crippen molar-refractivity contribution in [3.8, 4) is 11.8 Å². The second kappa shape index (κ2) is 8.70. The first-order chi connectivity index (χ1) is 12.1. The van der Waals surface area contributed by atoms with E-state index in [1.165, 1.54) is 0 Å². The van der Waals surface area contributed by atoms with Crippen molar-refractivity contribution in [2.24, 2.45) is 17.3 Å². The van der Waals surface area contributed by atoms with Crippen LogP contribution in [0.3, 0.4) is 0 Å². The molecule has 0 saturated heterocycles. The SMILES string of the molecule is CC(C)[Si](OC[C@H]1C[C@@H]1C#CC(C)(C)OC(=O)C(C)(C)C)(C(C)C)C(C)C. The van der Waals surface area contributed by atoms with Crippen molar-refractivity contribution >= 4 is 14.3 Å². The maximum Gasteiger partial charge on any atom is 0.312 e. The van der Waals surface area contributed by atoms with E-state index in [9.17, 15) is 4.79 Å². The lowest BCUT2D eigenvalue weighted by atomic mass is 9.97. The van der Waals surface area contributed by atoms with Crippen molar-refractivity contribution in [2.75, 3.05) is 6.61 Å². The quantitative estimate of drug-likeness (QED) is 0.293. The van der Waals surface area contributed by atoms with Gasteiger partial charge in [0, 0.05) is 12.5 Å². The molecule has 0 aliphatic heterocycles. The van der Waals surface area contributed by atoms with E-state index < -0.39 is 19.3 Å². The summed E-state index contributed by atoms with van der Waals surface area (Å²) in [4.78, 5) is 12.1. The minimum absolute atomic E-state index is 0.209. The van der Waals surface area contributed by atoms with Gasteiger partial charge in [0.15, 0.2) is 13.9 Å². The Morgan fingerprint density at radius 1 is 1.00 bits per heavy atom. The lowest BCUT2D eigenvalue weighted by molar-refractivity contribution is -0.161. The minimum Gasteiger partial charge on any atom is -0.446 e. The lowest BCUT2D eigenvalue weighted by Gasteiger charge is -2.42. The minimum atomic E-state index is -1.80. The van der Waals surface area contributed by atoms with Crippen LogP contribution in [0.5, 0.6) is 0 Å². The maximum atomic E-state index is 12.1. The van der Waals surface area contributed by atoms with Crippen LogP contribution in [0, 0.1) is 29.1 Å². The van der Waals surface area contributed by atoms with Crippen molar-refractivity contribution in [1.82, 2.24) is 0 Å². The fraction of sp³-hybridized carbons (Fsp3) is 0.870.